The highest BCUT2D eigenvalue weighted by molar-refractivity contribution is 5.41. The van der Waals surface area contributed by atoms with Crippen LogP contribution in [0.25, 0.3) is 0 Å². The van der Waals surface area contributed by atoms with E-state index in [0.29, 0.717) is 0 Å². The average molecular weight is 231 g/mol. The zero-order chi connectivity index (χ0) is 12.5. The molecule has 0 aromatic heterocycles. The number of aryl methyl sites for hydroxylation is 3. The Bertz CT molecular complexity index is 400. The number of rotatable bonds is 3. The van der Waals surface area contributed by atoms with Crippen LogP contribution in [0.4, 0.5) is 0 Å². The molecular formula is C16H25N. The maximum atomic E-state index is 3.77. The lowest BCUT2D eigenvalue weighted by molar-refractivity contribution is 0.354. The van der Waals surface area contributed by atoms with Crippen molar-refractivity contribution in [2.45, 2.75) is 58.9 Å². The lowest BCUT2D eigenvalue weighted by atomic mass is 9.80. The van der Waals surface area contributed by atoms with Gasteiger partial charge in [0.25, 0.3) is 0 Å². The topological polar surface area (TPSA) is 12.0 Å². The minimum atomic E-state index is 0.261. The molecule has 17 heavy (non-hydrogen) atoms. The van der Waals surface area contributed by atoms with Crippen LogP contribution in [0.5, 0.6) is 0 Å². The van der Waals surface area contributed by atoms with Gasteiger partial charge in [-0.05, 0) is 68.8 Å². The summed E-state index contributed by atoms with van der Waals surface area (Å²) >= 11 is 0. The molecule has 1 atom stereocenters. The zero-order valence-electron chi connectivity index (χ0n) is 11.7. The molecule has 1 aromatic rings. The van der Waals surface area contributed by atoms with Crippen molar-refractivity contribution in [3.8, 4) is 0 Å². The first kappa shape index (κ1) is 12.6. The van der Waals surface area contributed by atoms with Crippen LogP contribution >= 0.6 is 0 Å². The lowest BCUT2D eigenvalue weighted by Gasteiger charge is -2.32. The van der Waals surface area contributed by atoms with Gasteiger partial charge in [0.15, 0.2) is 0 Å². The first-order chi connectivity index (χ1) is 8.09. The summed E-state index contributed by atoms with van der Waals surface area (Å²) in [6, 6.07) is 4.76. The van der Waals surface area contributed by atoms with Gasteiger partial charge in [0.1, 0.15) is 0 Å². The van der Waals surface area contributed by atoms with E-state index in [4.69, 9.17) is 0 Å². The molecule has 1 saturated heterocycles. The van der Waals surface area contributed by atoms with Gasteiger partial charge in [0.2, 0.25) is 0 Å². The van der Waals surface area contributed by atoms with E-state index in [2.05, 4.69) is 45.1 Å². The van der Waals surface area contributed by atoms with E-state index in [1.165, 1.54) is 48.9 Å². The summed E-state index contributed by atoms with van der Waals surface area (Å²) in [5, 5.41) is 3.77. The Kier molecular flexibility index (Phi) is 3.58. The first-order valence-electron chi connectivity index (χ1n) is 6.92. The second kappa shape index (κ2) is 4.81. The quantitative estimate of drug-likeness (QED) is 0.829. The molecule has 0 bridgehead atoms. The minimum absolute atomic E-state index is 0.261. The second-order valence-corrected chi connectivity index (χ2v) is 5.61. The second-order valence-electron chi connectivity index (χ2n) is 5.61. The molecule has 0 saturated carbocycles. The van der Waals surface area contributed by atoms with Crippen LogP contribution in [-0.4, -0.2) is 6.54 Å². The maximum Gasteiger partial charge on any atom is 0.0437 e. The molecule has 0 aliphatic carbocycles. The predicted molar refractivity (Wildman–Crippen MR) is 74.5 cm³/mol. The summed E-state index contributed by atoms with van der Waals surface area (Å²) in [5.41, 5.74) is 6.10. The van der Waals surface area contributed by atoms with Gasteiger partial charge in [0, 0.05) is 5.54 Å². The molecule has 1 nitrogen and oxygen atoms in total. The van der Waals surface area contributed by atoms with E-state index >= 15 is 0 Å². The Morgan fingerprint density at radius 2 is 1.82 bits per heavy atom. The summed E-state index contributed by atoms with van der Waals surface area (Å²) in [4.78, 5) is 0. The van der Waals surface area contributed by atoms with Gasteiger partial charge < -0.3 is 5.32 Å². The first-order valence-corrected chi connectivity index (χ1v) is 6.92. The van der Waals surface area contributed by atoms with E-state index in [1.807, 2.05) is 0 Å². The molecule has 0 spiro atoms. The zero-order valence-corrected chi connectivity index (χ0v) is 11.7. The number of nitrogens with one attached hydrogen (secondary N) is 1. The number of hydrogen-bond acceptors (Lipinski definition) is 1. The van der Waals surface area contributed by atoms with Gasteiger partial charge in [-0.2, -0.15) is 0 Å². The van der Waals surface area contributed by atoms with Crippen LogP contribution in [-0.2, 0) is 5.54 Å². The fourth-order valence-corrected chi connectivity index (χ4v) is 3.29. The molecule has 94 valence electrons. The van der Waals surface area contributed by atoms with Crippen molar-refractivity contribution >= 4 is 0 Å². The molecular weight excluding hydrogens is 206 g/mol. The molecule has 1 aliphatic rings. The van der Waals surface area contributed by atoms with Crippen LogP contribution in [0.3, 0.4) is 0 Å². The van der Waals surface area contributed by atoms with Gasteiger partial charge in [0.05, 0.1) is 0 Å². The summed E-state index contributed by atoms with van der Waals surface area (Å²) in [7, 11) is 0. The fraction of sp³-hybridized carbons (Fsp3) is 0.625. The van der Waals surface area contributed by atoms with Crippen molar-refractivity contribution in [3.63, 3.8) is 0 Å². The Morgan fingerprint density at radius 1 is 1.12 bits per heavy atom. The minimum Gasteiger partial charge on any atom is -0.307 e. The van der Waals surface area contributed by atoms with Crippen molar-refractivity contribution in [1.29, 1.82) is 0 Å². The van der Waals surface area contributed by atoms with Gasteiger partial charge in [-0.3, -0.25) is 0 Å². The van der Waals surface area contributed by atoms with Crippen LogP contribution in [0.15, 0.2) is 12.1 Å². The smallest absolute Gasteiger partial charge is 0.0437 e. The van der Waals surface area contributed by atoms with Gasteiger partial charge in [-0.1, -0.05) is 25.5 Å². The Morgan fingerprint density at radius 3 is 2.41 bits per heavy atom. The predicted octanol–water partition coefficient (Wildman–Crippen LogP) is 3.99. The van der Waals surface area contributed by atoms with E-state index in [0.717, 1.165) is 0 Å². The Balaban J connectivity index is 2.46. The van der Waals surface area contributed by atoms with Crippen molar-refractivity contribution in [2.75, 3.05) is 6.54 Å². The maximum absolute atomic E-state index is 3.77. The highest BCUT2D eigenvalue weighted by Gasteiger charge is 2.35. The third kappa shape index (κ3) is 2.26. The number of hydrogen-bond donors (Lipinski definition) is 1. The average Bonchev–Trinajstić information content (AvgIpc) is 2.73. The summed E-state index contributed by atoms with van der Waals surface area (Å²) in [5.74, 6) is 0. The summed E-state index contributed by atoms with van der Waals surface area (Å²) in [6.07, 6.45) is 5.12. The molecule has 2 rings (SSSR count). The summed E-state index contributed by atoms with van der Waals surface area (Å²) < 4.78 is 0. The van der Waals surface area contributed by atoms with Crippen LogP contribution < -0.4 is 5.32 Å². The number of benzene rings is 1. The van der Waals surface area contributed by atoms with Crippen molar-refractivity contribution in [3.05, 3.63) is 34.4 Å². The standard InChI is InChI=1S/C16H25N/c1-5-7-16(8-6-9-17-16)15-11-13(3)12(2)10-14(15)4/h10-11,17H,5-9H2,1-4H3. The molecule has 1 unspecified atom stereocenters. The third-order valence-electron chi connectivity index (χ3n) is 4.28. The molecule has 0 amide bonds. The van der Waals surface area contributed by atoms with E-state index in [1.54, 1.807) is 5.56 Å². The molecule has 1 N–H and O–H groups in total. The molecule has 0 radical (unpaired) electrons. The van der Waals surface area contributed by atoms with E-state index in [9.17, 15) is 0 Å². The van der Waals surface area contributed by atoms with Crippen LogP contribution in [0, 0.1) is 20.8 Å². The monoisotopic (exact) mass is 231 g/mol. The van der Waals surface area contributed by atoms with E-state index < -0.39 is 0 Å². The van der Waals surface area contributed by atoms with Crippen LogP contribution in [0.1, 0.15) is 54.9 Å². The molecule has 1 heteroatoms. The van der Waals surface area contributed by atoms with Crippen molar-refractivity contribution < 1.29 is 0 Å². The van der Waals surface area contributed by atoms with Gasteiger partial charge in [-0.15, -0.1) is 0 Å². The van der Waals surface area contributed by atoms with Crippen molar-refractivity contribution in [2.24, 2.45) is 0 Å². The van der Waals surface area contributed by atoms with Crippen molar-refractivity contribution in [1.82, 2.24) is 5.32 Å². The van der Waals surface area contributed by atoms with Gasteiger partial charge in [-0.25, -0.2) is 0 Å². The van der Waals surface area contributed by atoms with E-state index in [-0.39, 0.29) is 5.54 Å². The highest BCUT2D eigenvalue weighted by Crippen LogP contribution is 2.37. The van der Waals surface area contributed by atoms with Crippen LogP contribution in [0.2, 0.25) is 0 Å². The Hall–Kier alpha value is -0.820. The Labute approximate surface area is 106 Å². The fourth-order valence-electron chi connectivity index (χ4n) is 3.29. The van der Waals surface area contributed by atoms with Gasteiger partial charge >= 0.3 is 0 Å². The summed E-state index contributed by atoms with van der Waals surface area (Å²) in [6.45, 7) is 10.2. The third-order valence-corrected chi connectivity index (χ3v) is 4.28. The largest absolute Gasteiger partial charge is 0.307 e. The molecule has 1 aromatic carbocycles. The molecule has 1 aliphatic heterocycles. The highest BCUT2D eigenvalue weighted by atomic mass is 15.0. The lowest BCUT2D eigenvalue weighted by Crippen LogP contribution is -2.37. The molecule has 1 fully saturated rings. The molecule has 1 heterocycles. The SMILES string of the molecule is CCCC1(c2cc(C)c(C)cc2C)CCCN1. The normalized spacial score (nSPS) is 24.2.